The zero-order chi connectivity index (χ0) is 18.9. The average molecular weight is 373 g/mol. The van der Waals surface area contributed by atoms with Crippen molar-refractivity contribution in [3.63, 3.8) is 0 Å². The summed E-state index contributed by atoms with van der Waals surface area (Å²) in [4.78, 5) is 28.2. The van der Waals surface area contributed by atoms with Crippen molar-refractivity contribution in [1.82, 2.24) is 0 Å². The predicted octanol–water partition coefficient (Wildman–Crippen LogP) is 2.12. The topological polar surface area (TPSA) is 53.9 Å². The molecule has 2 N–H and O–H groups in total. The molecule has 0 saturated carbocycles. The van der Waals surface area contributed by atoms with Gasteiger partial charge in [0.15, 0.2) is 6.54 Å². The highest BCUT2D eigenvalue weighted by Gasteiger charge is 2.44. The van der Waals surface area contributed by atoms with Crippen LogP contribution in [0.2, 0.25) is 5.02 Å². The summed E-state index contributed by atoms with van der Waals surface area (Å²) in [6.07, 6.45) is 0. The van der Waals surface area contributed by atoms with Gasteiger partial charge in [-0.25, -0.2) is 0 Å². The SMILES string of the molecule is C[NH+](CC(=O)N1c2ccccc2NC(=O)C1(C)C)Cc1ccccc1Cl. The lowest BCUT2D eigenvalue weighted by molar-refractivity contribution is -0.885. The molecule has 0 saturated heterocycles. The molecule has 0 aromatic heterocycles. The molecule has 1 atom stereocenters. The van der Waals surface area contributed by atoms with E-state index in [0.717, 1.165) is 16.2 Å². The van der Waals surface area contributed by atoms with Gasteiger partial charge in [0.1, 0.15) is 12.1 Å². The second-order valence-electron chi connectivity index (χ2n) is 7.16. The van der Waals surface area contributed by atoms with Gasteiger partial charge < -0.3 is 10.2 Å². The Morgan fingerprint density at radius 2 is 1.81 bits per heavy atom. The van der Waals surface area contributed by atoms with Gasteiger partial charge in [-0.3, -0.25) is 14.5 Å². The van der Waals surface area contributed by atoms with Crippen LogP contribution in [0.25, 0.3) is 0 Å². The smallest absolute Gasteiger partial charge is 0.283 e. The van der Waals surface area contributed by atoms with E-state index >= 15 is 0 Å². The molecule has 0 spiro atoms. The van der Waals surface area contributed by atoms with Crippen LogP contribution in [0.3, 0.4) is 0 Å². The summed E-state index contributed by atoms with van der Waals surface area (Å²) in [6, 6.07) is 15.0. The molecular formula is C20H23ClN3O2+. The molecule has 6 heteroatoms. The van der Waals surface area contributed by atoms with E-state index < -0.39 is 5.54 Å². The number of carbonyl (C=O) groups excluding carboxylic acids is 2. The van der Waals surface area contributed by atoms with E-state index in [9.17, 15) is 9.59 Å². The lowest BCUT2D eigenvalue weighted by Crippen LogP contribution is -3.09. The van der Waals surface area contributed by atoms with Crippen molar-refractivity contribution in [2.75, 3.05) is 23.8 Å². The number of nitrogens with zero attached hydrogens (tertiary/aromatic N) is 1. The van der Waals surface area contributed by atoms with Gasteiger partial charge in [-0.2, -0.15) is 0 Å². The van der Waals surface area contributed by atoms with E-state index in [4.69, 9.17) is 11.6 Å². The van der Waals surface area contributed by atoms with Gasteiger partial charge in [-0.15, -0.1) is 0 Å². The van der Waals surface area contributed by atoms with Crippen molar-refractivity contribution in [2.24, 2.45) is 0 Å². The average Bonchev–Trinajstić information content (AvgIpc) is 2.57. The van der Waals surface area contributed by atoms with Gasteiger partial charge in [0.25, 0.3) is 5.91 Å². The number of quaternary nitrogens is 1. The first-order valence-corrected chi connectivity index (χ1v) is 8.96. The quantitative estimate of drug-likeness (QED) is 0.863. The lowest BCUT2D eigenvalue weighted by Gasteiger charge is -2.42. The second kappa shape index (κ2) is 7.09. The van der Waals surface area contributed by atoms with Crippen LogP contribution in [0.15, 0.2) is 48.5 Å². The third-order valence-electron chi connectivity index (χ3n) is 4.66. The minimum atomic E-state index is -0.948. The Labute approximate surface area is 158 Å². The van der Waals surface area contributed by atoms with Crippen LogP contribution in [-0.4, -0.2) is 30.9 Å². The molecule has 3 rings (SSSR count). The van der Waals surface area contributed by atoms with E-state index in [1.807, 2.05) is 55.6 Å². The maximum Gasteiger partial charge on any atom is 0.283 e. The largest absolute Gasteiger partial charge is 0.326 e. The maximum absolute atomic E-state index is 13.1. The number of carbonyl (C=O) groups is 2. The number of halogens is 1. The Bertz CT molecular complexity index is 850. The van der Waals surface area contributed by atoms with Gasteiger partial charge >= 0.3 is 0 Å². The molecule has 1 aliphatic rings. The molecule has 2 aromatic rings. The van der Waals surface area contributed by atoms with Crippen LogP contribution in [-0.2, 0) is 16.1 Å². The third-order valence-corrected chi connectivity index (χ3v) is 5.03. The number of para-hydroxylation sites is 2. The number of likely N-dealkylation sites (N-methyl/N-ethyl adjacent to an activating group) is 1. The van der Waals surface area contributed by atoms with Crippen molar-refractivity contribution >= 4 is 34.8 Å². The van der Waals surface area contributed by atoms with Gasteiger partial charge in [-0.1, -0.05) is 41.9 Å². The third kappa shape index (κ3) is 3.45. The van der Waals surface area contributed by atoms with Crippen LogP contribution in [0, 0.1) is 0 Å². The van der Waals surface area contributed by atoms with E-state index in [1.165, 1.54) is 0 Å². The molecule has 0 aliphatic carbocycles. The monoisotopic (exact) mass is 372 g/mol. The summed E-state index contributed by atoms with van der Waals surface area (Å²) in [5, 5.41) is 3.58. The number of rotatable bonds is 4. The van der Waals surface area contributed by atoms with E-state index in [-0.39, 0.29) is 18.4 Å². The van der Waals surface area contributed by atoms with E-state index in [1.54, 1.807) is 18.7 Å². The molecule has 136 valence electrons. The highest BCUT2D eigenvalue weighted by molar-refractivity contribution is 6.31. The Balaban J connectivity index is 1.82. The van der Waals surface area contributed by atoms with Crippen LogP contribution in [0.4, 0.5) is 11.4 Å². The predicted molar refractivity (Wildman–Crippen MR) is 104 cm³/mol. The Morgan fingerprint density at radius 1 is 1.15 bits per heavy atom. The Hall–Kier alpha value is -2.37. The summed E-state index contributed by atoms with van der Waals surface area (Å²) < 4.78 is 0. The number of hydrogen-bond donors (Lipinski definition) is 2. The van der Waals surface area contributed by atoms with E-state index in [0.29, 0.717) is 17.3 Å². The summed E-state index contributed by atoms with van der Waals surface area (Å²) in [5.74, 6) is -0.282. The standard InChI is InChI=1S/C20H22ClN3O2/c1-20(2)19(26)22-16-10-6-7-11-17(16)24(20)18(25)13-23(3)12-14-8-4-5-9-15(14)21/h4-11H,12-13H2,1-3H3,(H,22,26)/p+1. The number of anilines is 2. The van der Waals surface area contributed by atoms with E-state index in [2.05, 4.69) is 5.32 Å². The van der Waals surface area contributed by atoms with Crippen molar-refractivity contribution in [1.29, 1.82) is 0 Å². The molecule has 0 bridgehead atoms. The highest BCUT2D eigenvalue weighted by Crippen LogP contribution is 2.36. The van der Waals surface area contributed by atoms with Crippen LogP contribution >= 0.6 is 11.6 Å². The number of hydrogen-bond acceptors (Lipinski definition) is 2. The normalized spacial score (nSPS) is 16.6. The fourth-order valence-corrected chi connectivity index (χ4v) is 3.47. The first kappa shape index (κ1) is 18.4. The lowest BCUT2D eigenvalue weighted by atomic mass is 9.96. The van der Waals surface area contributed by atoms with Crippen molar-refractivity contribution < 1.29 is 14.5 Å². The number of fused-ring (bicyclic) bond motifs is 1. The molecule has 26 heavy (non-hydrogen) atoms. The summed E-state index contributed by atoms with van der Waals surface area (Å²) in [7, 11) is 1.95. The summed E-state index contributed by atoms with van der Waals surface area (Å²) in [5.41, 5.74) is 1.44. The molecule has 2 aromatic carbocycles. The van der Waals surface area contributed by atoms with Crippen molar-refractivity contribution in [2.45, 2.75) is 25.9 Å². The zero-order valence-corrected chi connectivity index (χ0v) is 15.9. The maximum atomic E-state index is 13.1. The van der Waals surface area contributed by atoms with Crippen molar-refractivity contribution in [3.8, 4) is 0 Å². The Morgan fingerprint density at radius 3 is 2.54 bits per heavy atom. The fraction of sp³-hybridized carbons (Fsp3) is 0.300. The fourth-order valence-electron chi connectivity index (χ4n) is 3.26. The minimum Gasteiger partial charge on any atom is -0.326 e. The van der Waals surface area contributed by atoms with Gasteiger partial charge in [-0.05, 0) is 32.0 Å². The highest BCUT2D eigenvalue weighted by atomic mass is 35.5. The zero-order valence-electron chi connectivity index (χ0n) is 15.2. The molecule has 1 heterocycles. The minimum absolute atomic E-state index is 0.0955. The molecule has 0 fully saturated rings. The van der Waals surface area contributed by atoms with Gasteiger partial charge in [0.05, 0.1) is 18.4 Å². The first-order valence-electron chi connectivity index (χ1n) is 8.59. The van der Waals surface area contributed by atoms with Crippen LogP contribution < -0.4 is 15.1 Å². The number of benzene rings is 2. The number of amides is 2. The Kier molecular flexibility index (Phi) is 5.03. The molecular weight excluding hydrogens is 350 g/mol. The molecule has 0 radical (unpaired) electrons. The van der Waals surface area contributed by atoms with Crippen LogP contribution in [0.1, 0.15) is 19.4 Å². The summed E-state index contributed by atoms with van der Waals surface area (Å²) in [6.45, 7) is 4.42. The summed E-state index contributed by atoms with van der Waals surface area (Å²) >= 11 is 6.22. The molecule has 2 amide bonds. The molecule has 5 nitrogen and oxygen atoms in total. The van der Waals surface area contributed by atoms with Gasteiger partial charge in [0, 0.05) is 10.6 Å². The number of nitrogens with one attached hydrogen (secondary N) is 2. The molecule has 1 aliphatic heterocycles. The molecule has 1 unspecified atom stereocenters. The second-order valence-corrected chi connectivity index (χ2v) is 7.57. The van der Waals surface area contributed by atoms with Crippen LogP contribution in [0.5, 0.6) is 0 Å². The van der Waals surface area contributed by atoms with Crippen molar-refractivity contribution in [3.05, 3.63) is 59.1 Å². The first-order chi connectivity index (χ1) is 12.3. The van der Waals surface area contributed by atoms with Gasteiger partial charge in [0.2, 0.25) is 5.91 Å².